The zero-order valence-corrected chi connectivity index (χ0v) is 31.3. The number of halogens is 1. The second kappa shape index (κ2) is 18.6. The number of hydrogen-bond acceptors (Lipinski definition) is 8. The standard InChI is InChI=1S/C31H32FNO4.C7H11NO2.C2H6.CH5N/c1-4-24-25(20(3)35)6-5-7-30(24)36-18-21-9-10-23(15-27(21)32)37-31-12-13-33(29-16-26(29)31)28-11-8-19(2)14-22(28)17-34;1-7(2)4-3-5(9)8-6(7)10;2*1-2/h5-11,14-15,17,26,29,31H,4,12-13,16,18H2,1-3H3;3-4H2,1-2H3,(H,8,9,10);1-2H3;2H2,1H3. The van der Waals surface area contributed by atoms with E-state index in [4.69, 9.17) is 9.47 Å². The average molecular weight is 704 g/mol. The van der Waals surface area contributed by atoms with Crippen LogP contribution in [0.3, 0.4) is 0 Å². The highest BCUT2D eigenvalue weighted by atomic mass is 19.1. The van der Waals surface area contributed by atoms with E-state index in [1.807, 2.05) is 65.8 Å². The van der Waals surface area contributed by atoms with Crippen LogP contribution >= 0.6 is 0 Å². The van der Waals surface area contributed by atoms with Gasteiger partial charge in [-0.2, -0.15) is 0 Å². The Balaban J connectivity index is 0.000000426. The molecule has 2 amide bonds. The number of aryl methyl sites for hydroxylation is 1. The van der Waals surface area contributed by atoms with Gasteiger partial charge in [-0.3, -0.25) is 24.5 Å². The molecule has 3 aromatic rings. The van der Waals surface area contributed by atoms with Gasteiger partial charge in [-0.05, 0) is 70.5 Å². The number of nitrogens with one attached hydrogen (secondary N) is 1. The number of carbonyl (C=O) groups is 4. The average Bonchev–Trinajstić information content (AvgIpc) is 3.94. The van der Waals surface area contributed by atoms with Gasteiger partial charge in [-0.1, -0.05) is 58.4 Å². The minimum absolute atomic E-state index is 0.0123. The molecule has 1 saturated carbocycles. The summed E-state index contributed by atoms with van der Waals surface area (Å²) < 4.78 is 27.1. The van der Waals surface area contributed by atoms with E-state index in [1.54, 1.807) is 24.3 Å². The summed E-state index contributed by atoms with van der Waals surface area (Å²) in [5.74, 6) is 0.796. The summed E-state index contributed by atoms with van der Waals surface area (Å²) in [6, 6.07) is 16.7. The first kappa shape index (κ1) is 40.9. The number of carbonyl (C=O) groups excluding carboxylic acids is 4. The Hall–Kier alpha value is -4.57. The molecule has 276 valence electrons. The summed E-state index contributed by atoms with van der Waals surface area (Å²) in [5, 5.41) is 2.29. The molecule has 1 aliphatic carbocycles. The van der Waals surface area contributed by atoms with Crippen molar-refractivity contribution >= 4 is 29.6 Å². The van der Waals surface area contributed by atoms with Crippen LogP contribution in [0.4, 0.5) is 10.1 Å². The number of hydrogen-bond donors (Lipinski definition) is 2. The van der Waals surface area contributed by atoms with Crippen molar-refractivity contribution in [3.63, 3.8) is 0 Å². The van der Waals surface area contributed by atoms with Crippen molar-refractivity contribution < 1.29 is 33.0 Å². The summed E-state index contributed by atoms with van der Waals surface area (Å²) in [4.78, 5) is 47.5. The molecule has 0 spiro atoms. The third-order valence-corrected chi connectivity index (χ3v) is 9.36. The first-order valence-corrected chi connectivity index (χ1v) is 17.9. The lowest BCUT2D eigenvalue weighted by atomic mass is 9.84. The molecule has 2 heterocycles. The molecule has 3 atom stereocenters. The zero-order valence-electron chi connectivity index (χ0n) is 31.3. The smallest absolute Gasteiger partial charge is 0.232 e. The highest BCUT2D eigenvalue weighted by Gasteiger charge is 2.51. The summed E-state index contributed by atoms with van der Waals surface area (Å²) in [7, 11) is 1.50. The first-order valence-electron chi connectivity index (χ1n) is 17.9. The van der Waals surface area contributed by atoms with Crippen LogP contribution in [0, 0.1) is 24.1 Å². The number of amides is 2. The number of anilines is 1. The van der Waals surface area contributed by atoms with E-state index >= 15 is 0 Å². The van der Waals surface area contributed by atoms with Crippen LogP contribution < -0.4 is 25.4 Å². The van der Waals surface area contributed by atoms with E-state index in [0.29, 0.717) is 53.8 Å². The fraction of sp³-hybridized carbons (Fsp3) is 0.463. The van der Waals surface area contributed by atoms with Gasteiger partial charge in [0.15, 0.2) is 12.1 Å². The van der Waals surface area contributed by atoms with E-state index in [9.17, 15) is 23.6 Å². The molecule has 0 bridgehead atoms. The molecule has 3 aromatic carbocycles. The fourth-order valence-electron chi connectivity index (χ4n) is 6.42. The van der Waals surface area contributed by atoms with Crippen molar-refractivity contribution in [1.82, 2.24) is 5.32 Å². The number of ether oxygens (including phenoxy) is 2. The maximum Gasteiger partial charge on any atom is 0.232 e. The van der Waals surface area contributed by atoms with Gasteiger partial charge in [-0.15, -0.1) is 0 Å². The Bertz CT molecular complexity index is 1690. The van der Waals surface area contributed by atoms with Crippen LogP contribution in [-0.2, 0) is 22.6 Å². The molecule has 51 heavy (non-hydrogen) atoms. The predicted octanol–water partition coefficient (Wildman–Crippen LogP) is 7.39. The Morgan fingerprint density at radius 2 is 1.82 bits per heavy atom. The molecule has 3 fully saturated rings. The van der Waals surface area contributed by atoms with Crippen molar-refractivity contribution in [3.8, 4) is 11.5 Å². The SMILES string of the molecule is CC.CC1(C)CCC(=O)NC1=O.CCc1c(OCc2ccc(OC3CCN(c4ccc(C)cc4C=O)C4CC34)cc2F)cccc1C(C)=O.CN. The van der Waals surface area contributed by atoms with Crippen LogP contribution in [0.25, 0.3) is 0 Å². The summed E-state index contributed by atoms with van der Waals surface area (Å²) >= 11 is 0. The molecule has 3 N–H and O–H groups in total. The van der Waals surface area contributed by atoms with Crippen molar-refractivity contribution in [2.45, 2.75) is 99.3 Å². The number of benzene rings is 3. The number of imide groups is 1. The number of rotatable bonds is 9. The topological polar surface area (TPSA) is 128 Å². The Morgan fingerprint density at radius 1 is 1.10 bits per heavy atom. The maximum atomic E-state index is 14.9. The van der Waals surface area contributed by atoms with Crippen LogP contribution in [0.2, 0.25) is 0 Å². The largest absolute Gasteiger partial charge is 0.490 e. The number of Topliss-reactive ketones (excluding diaryl/α,β-unsaturated/α-hetero) is 1. The molecule has 2 aliphatic heterocycles. The van der Waals surface area contributed by atoms with Crippen molar-refractivity contribution in [1.29, 1.82) is 0 Å². The Morgan fingerprint density at radius 3 is 2.43 bits per heavy atom. The summed E-state index contributed by atoms with van der Waals surface area (Å²) in [5.41, 5.74) is 8.84. The lowest BCUT2D eigenvalue weighted by molar-refractivity contribution is -0.140. The quantitative estimate of drug-likeness (QED) is 0.134. The van der Waals surface area contributed by atoms with E-state index < -0.39 is 0 Å². The molecule has 9 nitrogen and oxygen atoms in total. The molecule has 10 heteroatoms. The highest BCUT2D eigenvalue weighted by molar-refractivity contribution is 6.00. The molecular weight excluding hydrogens is 649 g/mol. The minimum Gasteiger partial charge on any atom is -0.490 e. The van der Waals surface area contributed by atoms with Gasteiger partial charge < -0.3 is 20.1 Å². The van der Waals surface area contributed by atoms with Crippen LogP contribution in [0.5, 0.6) is 11.5 Å². The predicted molar refractivity (Wildman–Crippen MR) is 199 cm³/mol. The zero-order chi connectivity index (χ0) is 37.9. The van der Waals surface area contributed by atoms with Crippen molar-refractivity contribution in [3.05, 3.63) is 88.2 Å². The van der Waals surface area contributed by atoms with Gasteiger partial charge in [0.05, 0.1) is 0 Å². The molecule has 6 rings (SSSR count). The second-order valence-corrected chi connectivity index (χ2v) is 13.3. The first-order chi connectivity index (χ1) is 24.4. The second-order valence-electron chi connectivity index (χ2n) is 13.3. The molecule has 2 saturated heterocycles. The van der Waals surface area contributed by atoms with Gasteiger partial charge in [-0.25, -0.2) is 4.39 Å². The van der Waals surface area contributed by atoms with Crippen LogP contribution in [0.15, 0.2) is 54.6 Å². The summed E-state index contributed by atoms with van der Waals surface area (Å²) in [6.07, 6.45) is 4.56. The highest BCUT2D eigenvalue weighted by Crippen LogP contribution is 2.47. The van der Waals surface area contributed by atoms with E-state index in [-0.39, 0.29) is 41.5 Å². The van der Waals surface area contributed by atoms with E-state index in [2.05, 4.69) is 16.0 Å². The van der Waals surface area contributed by atoms with Gasteiger partial charge in [0, 0.05) is 70.8 Å². The van der Waals surface area contributed by atoms with Gasteiger partial charge in [0.2, 0.25) is 11.8 Å². The van der Waals surface area contributed by atoms with Crippen LogP contribution in [-0.4, -0.2) is 49.6 Å². The van der Waals surface area contributed by atoms with E-state index in [0.717, 1.165) is 48.1 Å². The third kappa shape index (κ3) is 10.3. The van der Waals surface area contributed by atoms with Crippen molar-refractivity contribution in [2.24, 2.45) is 17.1 Å². The van der Waals surface area contributed by atoms with Crippen LogP contribution in [0.1, 0.15) is 105 Å². The molecular formula is C41H54FN3O6. The molecule has 0 aromatic heterocycles. The van der Waals surface area contributed by atoms with Crippen molar-refractivity contribution in [2.75, 3.05) is 18.5 Å². The molecule has 0 radical (unpaired) electrons. The molecule has 3 unspecified atom stereocenters. The number of fused-ring (bicyclic) bond motifs is 1. The summed E-state index contributed by atoms with van der Waals surface area (Å²) in [6.45, 7) is 14.0. The lowest BCUT2D eigenvalue weighted by Gasteiger charge is -2.34. The number of nitrogens with two attached hydrogens (primary N) is 1. The minimum atomic E-state index is -0.377. The van der Waals surface area contributed by atoms with Gasteiger partial charge in [0.1, 0.15) is 30.0 Å². The molecule has 3 aliphatic rings. The van der Waals surface area contributed by atoms with Gasteiger partial charge >= 0.3 is 0 Å². The Kier molecular flexibility index (Phi) is 14.9. The number of piperidine rings is 2. The number of aldehydes is 1. The number of nitrogens with zero attached hydrogens (tertiary/aromatic N) is 1. The number of ketones is 1. The third-order valence-electron chi connectivity index (χ3n) is 9.36. The Labute approximate surface area is 302 Å². The normalized spacial score (nSPS) is 19.6. The fourth-order valence-corrected chi connectivity index (χ4v) is 6.42. The van der Waals surface area contributed by atoms with E-state index in [1.165, 1.54) is 20.0 Å². The monoisotopic (exact) mass is 703 g/mol. The van der Waals surface area contributed by atoms with Gasteiger partial charge in [0.25, 0.3) is 0 Å². The lowest BCUT2D eigenvalue weighted by Crippen LogP contribution is -2.45. The maximum absolute atomic E-state index is 14.9.